The van der Waals surface area contributed by atoms with Crippen LogP contribution in [0.25, 0.3) is 0 Å². The zero-order valence-electron chi connectivity index (χ0n) is 13.4. The number of aromatic nitrogens is 2. The monoisotopic (exact) mass is 330 g/mol. The van der Waals surface area contributed by atoms with Crippen molar-refractivity contribution in [2.75, 3.05) is 24.2 Å². The predicted molar refractivity (Wildman–Crippen MR) is 87.6 cm³/mol. The number of anilines is 2. The molecule has 1 aromatic carbocycles. The lowest BCUT2D eigenvalue weighted by Crippen LogP contribution is -2.29. The van der Waals surface area contributed by atoms with Crippen LogP contribution in [0.2, 0.25) is 0 Å². The van der Waals surface area contributed by atoms with Crippen LogP contribution in [0.3, 0.4) is 0 Å². The SMILES string of the molecule is Cc1cc(F)cc2c1NCC[C@@H]2C(=O)n1nc2c(c1N)COCC2. The molecular formula is C17H19FN4O2. The Morgan fingerprint density at radius 2 is 2.33 bits per heavy atom. The molecule has 0 fully saturated rings. The molecular weight excluding hydrogens is 311 g/mol. The lowest BCUT2D eigenvalue weighted by molar-refractivity contribution is 0.0858. The average molecular weight is 330 g/mol. The molecule has 1 aromatic heterocycles. The Balaban J connectivity index is 1.76. The zero-order chi connectivity index (χ0) is 16.8. The number of aryl methyl sites for hydroxylation is 1. The minimum atomic E-state index is -0.458. The summed E-state index contributed by atoms with van der Waals surface area (Å²) in [5.74, 6) is -0.674. The van der Waals surface area contributed by atoms with Crippen molar-refractivity contribution in [2.24, 2.45) is 0 Å². The number of nitrogens with one attached hydrogen (secondary N) is 1. The Bertz CT molecular complexity index is 830. The largest absolute Gasteiger partial charge is 0.385 e. The summed E-state index contributed by atoms with van der Waals surface area (Å²) in [6.45, 7) is 3.45. The highest BCUT2D eigenvalue weighted by atomic mass is 19.1. The van der Waals surface area contributed by atoms with Gasteiger partial charge in [0.2, 0.25) is 0 Å². The van der Waals surface area contributed by atoms with Crippen molar-refractivity contribution < 1.29 is 13.9 Å². The molecule has 0 bridgehead atoms. The third-order valence-corrected chi connectivity index (χ3v) is 4.78. The van der Waals surface area contributed by atoms with Gasteiger partial charge in [0.1, 0.15) is 11.6 Å². The Hall–Kier alpha value is -2.41. The maximum atomic E-state index is 13.9. The first kappa shape index (κ1) is 15.1. The van der Waals surface area contributed by atoms with Crippen molar-refractivity contribution in [3.63, 3.8) is 0 Å². The summed E-state index contributed by atoms with van der Waals surface area (Å²) >= 11 is 0. The van der Waals surface area contributed by atoms with Gasteiger partial charge in [-0.05, 0) is 36.6 Å². The van der Waals surface area contributed by atoms with E-state index in [2.05, 4.69) is 10.4 Å². The summed E-state index contributed by atoms with van der Waals surface area (Å²) in [5, 5.41) is 7.65. The molecule has 0 radical (unpaired) electrons. The van der Waals surface area contributed by atoms with Crippen molar-refractivity contribution in [2.45, 2.75) is 32.3 Å². The standard InChI is InChI=1S/C17H19FN4O2/c1-9-6-10(18)7-12-11(2-4-20-15(9)12)17(23)22-16(19)13-8-24-5-3-14(13)21-22/h6-7,11,20H,2-5,8,19H2,1H3/t11-/m0/s1. The van der Waals surface area contributed by atoms with Crippen molar-refractivity contribution in [3.8, 4) is 0 Å². The molecule has 0 saturated carbocycles. The fraction of sp³-hybridized carbons (Fsp3) is 0.412. The summed E-state index contributed by atoms with van der Waals surface area (Å²) in [6.07, 6.45) is 1.23. The highest BCUT2D eigenvalue weighted by Crippen LogP contribution is 2.36. The van der Waals surface area contributed by atoms with E-state index in [1.165, 1.54) is 16.8 Å². The van der Waals surface area contributed by atoms with E-state index in [-0.39, 0.29) is 11.7 Å². The third kappa shape index (κ3) is 2.27. The molecule has 4 rings (SSSR count). The molecule has 0 unspecified atom stereocenters. The van der Waals surface area contributed by atoms with Crippen LogP contribution in [0.4, 0.5) is 15.9 Å². The Labute approximate surface area is 138 Å². The highest BCUT2D eigenvalue weighted by Gasteiger charge is 2.32. The summed E-state index contributed by atoms with van der Waals surface area (Å²) in [7, 11) is 0. The number of benzene rings is 1. The Morgan fingerprint density at radius 1 is 1.50 bits per heavy atom. The number of nitrogen functional groups attached to an aromatic ring is 1. The molecule has 0 saturated heterocycles. The fourth-order valence-corrected chi connectivity index (χ4v) is 3.57. The molecule has 2 aromatic rings. The van der Waals surface area contributed by atoms with Gasteiger partial charge in [-0.1, -0.05) is 0 Å². The lowest BCUT2D eigenvalue weighted by atomic mass is 9.88. The number of hydrogen-bond acceptors (Lipinski definition) is 5. The van der Waals surface area contributed by atoms with Gasteiger partial charge in [0.05, 0.1) is 24.8 Å². The number of fused-ring (bicyclic) bond motifs is 2. The second kappa shape index (κ2) is 5.59. The maximum Gasteiger partial charge on any atom is 0.256 e. The van der Waals surface area contributed by atoms with Gasteiger partial charge in [-0.15, -0.1) is 0 Å². The van der Waals surface area contributed by atoms with E-state index in [0.29, 0.717) is 44.0 Å². The van der Waals surface area contributed by atoms with E-state index < -0.39 is 5.92 Å². The van der Waals surface area contributed by atoms with Gasteiger partial charge < -0.3 is 15.8 Å². The number of hydrogen-bond donors (Lipinski definition) is 2. The number of carbonyl (C=O) groups is 1. The van der Waals surface area contributed by atoms with Crippen LogP contribution in [0.5, 0.6) is 0 Å². The summed E-state index contributed by atoms with van der Waals surface area (Å²) < 4.78 is 20.5. The molecule has 24 heavy (non-hydrogen) atoms. The molecule has 1 atom stereocenters. The Morgan fingerprint density at radius 3 is 3.12 bits per heavy atom. The number of rotatable bonds is 1. The Kier molecular flexibility index (Phi) is 3.53. The number of halogens is 1. The first-order valence-corrected chi connectivity index (χ1v) is 8.08. The summed E-state index contributed by atoms with van der Waals surface area (Å²) in [6, 6.07) is 2.90. The van der Waals surface area contributed by atoms with Crippen LogP contribution < -0.4 is 11.1 Å². The normalized spacial score (nSPS) is 19.3. The van der Waals surface area contributed by atoms with Gasteiger partial charge in [0, 0.05) is 24.2 Å². The molecule has 6 nitrogen and oxygen atoms in total. The smallest absolute Gasteiger partial charge is 0.256 e. The van der Waals surface area contributed by atoms with Crippen LogP contribution in [-0.4, -0.2) is 28.8 Å². The molecule has 126 valence electrons. The van der Waals surface area contributed by atoms with E-state index in [4.69, 9.17) is 10.5 Å². The van der Waals surface area contributed by atoms with Gasteiger partial charge >= 0.3 is 0 Å². The van der Waals surface area contributed by atoms with Crippen LogP contribution in [-0.2, 0) is 17.8 Å². The number of carbonyl (C=O) groups excluding carboxylic acids is 1. The minimum absolute atomic E-state index is 0.213. The van der Waals surface area contributed by atoms with E-state index in [0.717, 1.165) is 22.5 Å². The average Bonchev–Trinajstić information content (AvgIpc) is 2.91. The first-order valence-electron chi connectivity index (χ1n) is 8.08. The van der Waals surface area contributed by atoms with Crippen molar-refractivity contribution in [3.05, 3.63) is 40.3 Å². The van der Waals surface area contributed by atoms with E-state index >= 15 is 0 Å². The van der Waals surface area contributed by atoms with Gasteiger partial charge in [-0.3, -0.25) is 4.79 Å². The second-order valence-electron chi connectivity index (χ2n) is 6.32. The van der Waals surface area contributed by atoms with Crippen LogP contribution >= 0.6 is 0 Å². The van der Waals surface area contributed by atoms with Gasteiger partial charge in [0.25, 0.3) is 5.91 Å². The molecule has 2 aliphatic rings. The molecule has 0 aliphatic carbocycles. The fourth-order valence-electron chi connectivity index (χ4n) is 3.57. The van der Waals surface area contributed by atoms with Crippen molar-refractivity contribution in [1.82, 2.24) is 9.78 Å². The zero-order valence-corrected chi connectivity index (χ0v) is 13.4. The van der Waals surface area contributed by atoms with Crippen molar-refractivity contribution >= 4 is 17.4 Å². The number of nitrogens with zero attached hydrogens (tertiary/aromatic N) is 2. The van der Waals surface area contributed by atoms with Crippen LogP contribution in [0.1, 0.15) is 39.5 Å². The highest BCUT2D eigenvalue weighted by molar-refractivity contribution is 5.90. The number of ether oxygens (including phenoxy) is 1. The maximum absolute atomic E-state index is 13.9. The third-order valence-electron chi connectivity index (χ3n) is 4.78. The lowest BCUT2D eigenvalue weighted by Gasteiger charge is -2.27. The molecule has 2 aliphatic heterocycles. The van der Waals surface area contributed by atoms with Crippen LogP contribution in [0, 0.1) is 12.7 Å². The molecule has 3 N–H and O–H groups in total. The molecule has 0 amide bonds. The van der Waals surface area contributed by atoms with Crippen molar-refractivity contribution in [1.29, 1.82) is 0 Å². The predicted octanol–water partition coefficient (Wildman–Crippen LogP) is 2.23. The summed E-state index contributed by atoms with van der Waals surface area (Å²) in [5.41, 5.74) is 10.0. The van der Waals surface area contributed by atoms with Gasteiger partial charge in [-0.2, -0.15) is 9.78 Å². The van der Waals surface area contributed by atoms with Gasteiger partial charge in [0.15, 0.2) is 0 Å². The van der Waals surface area contributed by atoms with E-state index in [1.807, 2.05) is 6.92 Å². The van der Waals surface area contributed by atoms with Gasteiger partial charge in [-0.25, -0.2) is 4.39 Å². The molecule has 3 heterocycles. The van der Waals surface area contributed by atoms with Crippen LogP contribution in [0.15, 0.2) is 12.1 Å². The topological polar surface area (TPSA) is 82.2 Å². The number of nitrogens with two attached hydrogens (primary N) is 1. The summed E-state index contributed by atoms with van der Waals surface area (Å²) in [4.78, 5) is 13.1. The quantitative estimate of drug-likeness (QED) is 0.838. The molecule has 7 heteroatoms. The second-order valence-corrected chi connectivity index (χ2v) is 6.32. The van der Waals surface area contributed by atoms with E-state index in [1.54, 1.807) is 0 Å². The minimum Gasteiger partial charge on any atom is -0.385 e. The molecule has 0 spiro atoms. The van der Waals surface area contributed by atoms with E-state index in [9.17, 15) is 9.18 Å². The first-order chi connectivity index (χ1) is 11.6.